The molecule has 3 rings (SSSR count). The Bertz CT molecular complexity index is 598. The summed E-state index contributed by atoms with van der Waals surface area (Å²) in [6.07, 6.45) is 9.26. The molecule has 2 aliphatic rings. The maximum atomic E-state index is 12.6. The fraction of sp³-hybridized carbons (Fsp3) is 0.682. The smallest absolute Gasteiger partial charge is 0.227 e. The number of benzene rings is 1. The molecule has 2 N–H and O–H groups in total. The van der Waals surface area contributed by atoms with Crippen molar-refractivity contribution in [2.45, 2.75) is 89.0 Å². The van der Waals surface area contributed by atoms with Crippen molar-refractivity contribution in [2.24, 2.45) is 5.92 Å². The largest absolute Gasteiger partial charge is 0.490 e. The third kappa shape index (κ3) is 6.72. The van der Waals surface area contributed by atoms with Gasteiger partial charge >= 0.3 is 0 Å². The highest BCUT2D eigenvalue weighted by molar-refractivity contribution is 7.98. The molecule has 2 aliphatic carbocycles. The summed E-state index contributed by atoms with van der Waals surface area (Å²) in [5, 5.41) is 3.08. The minimum atomic E-state index is 0.122. The second kappa shape index (κ2) is 9.33. The van der Waals surface area contributed by atoms with Crippen molar-refractivity contribution in [3.63, 3.8) is 0 Å². The van der Waals surface area contributed by atoms with E-state index in [1.807, 2.05) is 24.3 Å². The third-order valence-electron chi connectivity index (χ3n) is 5.36. The Hall–Kier alpha value is -1.20. The summed E-state index contributed by atoms with van der Waals surface area (Å²) >= 11 is 1.80. The van der Waals surface area contributed by atoms with Crippen LogP contribution >= 0.6 is 11.9 Å². The number of anilines is 1. The van der Waals surface area contributed by atoms with Gasteiger partial charge in [-0.25, -0.2) is 0 Å². The second-order valence-corrected chi connectivity index (χ2v) is 10.6. The molecular weight excluding hydrogens is 356 g/mol. The normalized spacial score (nSPS) is 24.0. The molecule has 0 aromatic heterocycles. The molecule has 1 aromatic carbocycles. The van der Waals surface area contributed by atoms with Crippen LogP contribution in [0.1, 0.15) is 72.1 Å². The van der Waals surface area contributed by atoms with Gasteiger partial charge in [-0.2, -0.15) is 0 Å². The zero-order chi connectivity index (χ0) is 19.3. The van der Waals surface area contributed by atoms with Gasteiger partial charge in [-0.15, -0.1) is 0 Å². The van der Waals surface area contributed by atoms with Gasteiger partial charge in [0.25, 0.3) is 0 Å². The predicted molar refractivity (Wildman–Crippen MR) is 114 cm³/mol. The summed E-state index contributed by atoms with van der Waals surface area (Å²) in [5.41, 5.74) is 0.863. The van der Waals surface area contributed by atoms with Crippen LogP contribution in [-0.4, -0.2) is 22.8 Å². The topological polar surface area (TPSA) is 50.4 Å². The van der Waals surface area contributed by atoms with Gasteiger partial charge in [0.2, 0.25) is 5.91 Å². The van der Waals surface area contributed by atoms with Crippen molar-refractivity contribution in [3.05, 3.63) is 24.3 Å². The molecule has 1 aromatic rings. The summed E-state index contributed by atoms with van der Waals surface area (Å²) in [7, 11) is 0. The number of carbonyl (C=O) groups is 1. The third-order valence-corrected chi connectivity index (χ3v) is 6.42. The molecule has 0 unspecified atom stereocenters. The van der Waals surface area contributed by atoms with Crippen molar-refractivity contribution >= 4 is 23.5 Å². The average Bonchev–Trinajstić information content (AvgIpc) is 3.14. The van der Waals surface area contributed by atoms with Crippen LogP contribution in [0.5, 0.6) is 5.75 Å². The van der Waals surface area contributed by atoms with Gasteiger partial charge in [-0.05, 0) is 96.4 Å². The van der Waals surface area contributed by atoms with Gasteiger partial charge in [0, 0.05) is 22.4 Å². The van der Waals surface area contributed by atoms with Crippen molar-refractivity contribution < 1.29 is 9.53 Å². The van der Waals surface area contributed by atoms with E-state index in [4.69, 9.17) is 4.74 Å². The van der Waals surface area contributed by atoms with Crippen LogP contribution in [0.2, 0.25) is 0 Å². The highest BCUT2D eigenvalue weighted by Gasteiger charge is 2.27. The molecular formula is C22H34N2O2S. The molecule has 2 saturated carbocycles. The molecule has 0 saturated heterocycles. The lowest BCUT2D eigenvalue weighted by atomic mass is 9.86. The Morgan fingerprint density at radius 2 is 1.63 bits per heavy atom. The van der Waals surface area contributed by atoms with E-state index >= 15 is 0 Å². The van der Waals surface area contributed by atoms with Crippen molar-refractivity contribution in [1.82, 2.24) is 4.72 Å². The number of carbonyl (C=O) groups excluding carboxylic acids is 1. The Balaban J connectivity index is 1.41. The van der Waals surface area contributed by atoms with Gasteiger partial charge in [0.05, 0.1) is 6.10 Å². The van der Waals surface area contributed by atoms with Gasteiger partial charge < -0.3 is 10.1 Å². The van der Waals surface area contributed by atoms with E-state index in [0.29, 0.717) is 12.1 Å². The zero-order valence-corrected chi connectivity index (χ0v) is 17.7. The number of rotatable bonds is 6. The van der Waals surface area contributed by atoms with Gasteiger partial charge in [-0.3, -0.25) is 9.52 Å². The molecule has 0 atom stereocenters. The first kappa shape index (κ1) is 20.5. The van der Waals surface area contributed by atoms with E-state index in [-0.39, 0.29) is 16.6 Å². The first-order valence-electron chi connectivity index (χ1n) is 10.4. The molecule has 0 radical (unpaired) electrons. The van der Waals surface area contributed by atoms with E-state index in [1.54, 1.807) is 11.9 Å². The molecule has 2 fully saturated rings. The quantitative estimate of drug-likeness (QED) is 0.626. The Labute approximate surface area is 168 Å². The number of hydrogen-bond acceptors (Lipinski definition) is 4. The molecule has 0 bridgehead atoms. The summed E-state index contributed by atoms with van der Waals surface area (Å²) in [4.78, 5) is 12.6. The number of hydrogen-bond donors (Lipinski definition) is 2. The van der Waals surface area contributed by atoms with Crippen LogP contribution in [0.3, 0.4) is 0 Å². The van der Waals surface area contributed by atoms with Crippen molar-refractivity contribution in [1.29, 1.82) is 0 Å². The average molecular weight is 391 g/mol. The molecule has 5 heteroatoms. The maximum absolute atomic E-state index is 12.6. The van der Waals surface area contributed by atoms with E-state index in [9.17, 15) is 4.79 Å². The van der Waals surface area contributed by atoms with E-state index in [1.165, 1.54) is 12.8 Å². The van der Waals surface area contributed by atoms with E-state index < -0.39 is 0 Å². The number of nitrogens with one attached hydrogen (secondary N) is 2. The highest BCUT2D eigenvalue weighted by atomic mass is 32.2. The predicted octanol–water partition coefficient (Wildman–Crippen LogP) is 5.54. The Kier molecular flexibility index (Phi) is 7.10. The van der Waals surface area contributed by atoms with Gasteiger partial charge in [0.1, 0.15) is 5.75 Å². The molecule has 27 heavy (non-hydrogen) atoms. The number of ether oxygens (including phenoxy) is 1. The molecule has 1 amide bonds. The molecule has 0 aliphatic heterocycles. The Morgan fingerprint density at radius 3 is 2.22 bits per heavy atom. The lowest BCUT2D eigenvalue weighted by Gasteiger charge is -2.30. The summed E-state index contributed by atoms with van der Waals surface area (Å²) in [6, 6.07) is 8.37. The summed E-state index contributed by atoms with van der Waals surface area (Å²) < 4.78 is 9.79. The van der Waals surface area contributed by atoms with Crippen LogP contribution in [0, 0.1) is 5.92 Å². The lowest BCUT2D eigenvalue weighted by Crippen LogP contribution is -2.35. The van der Waals surface area contributed by atoms with Gasteiger partial charge in [0.15, 0.2) is 0 Å². The minimum Gasteiger partial charge on any atom is -0.490 e. The molecule has 0 spiro atoms. The SMILES string of the molecule is CC(C)(C)SNC1CCC(C(=O)Nc2ccc(OC3CCCC3)cc2)CC1. The monoisotopic (exact) mass is 390 g/mol. The van der Waals surface area contributed by atoms with Gasteiger partial charge in [-0.1, -0.05) is 11.9 Å². The van der Waals surface area contributed by atoms with Crippen LogP contribution < -0.4 is 14.8 Å². The first-order valence-corrected chi connectivity index (χ1v) is 11.2. The highest BCUT2D eigenvalue weighted by Crippen LogP contribution is 2.30. The standard InChI is InChI=1S/C22H34N2O2S/c1-22(2,3)27-24-18-10-8-16(9-11-18)21(25)23-17-12-14-20(15-13-17)26-19-6-4-5-7-19/h12-16,18-19,24H,4-11H2,1-3H3,(H,23,25). The number of amides is 1. The molecule has 0 heterocycles. The molecule has 4 nitrogen and oxygen atoms in total. The van der Waals surface area contributed by atoms with Crippen molar-refractivity contribution in [2.75, 3.05) is 5.32 Å². The first-order chi connectivity index (χ1) is 12.9. The fourth-order valence-corrected chi connectivity index (χ4v) is 4.55. The maximum Gasteiger partial charge on any atom is 0.227 e. The lowest BCUT2D eigenvalue weighted by molar-refractivity contribution is -0.120. The summed E-state index contributed by atoms with van der Waals surface area (Å²) in [6.45, 7) is 6.65. The summed E-state index contributed by atoms with van der Waals surface area (Å²) in [5.74, 6) is 1.18. The van der Waals surface area contributed by atoms with Crippen LogP contribution in [0.15, 0.2) is 24.3 Å². The Morgan fingerprint density at radius 1 is 1.00 bits per heavy atom. The zero-order valence-electron chi connectivity index (χ0n) is 16.9. The van der Waals surface area contributed by atoms with Crippen molar-refractivity contribution in [3.8, 4) is 5.75 Å². The molecule has 150 valence electrons. The van der Waals surface area contributed by atoms with E-state index in [2.05, 4.69) is 30.8 Å². The fourth-order valence-electron chi connectivity index (χ4n) is 3.79. The second-order valence-electron chi connectivity index (χ2n) is 8.92. The van der Waals surface area contributed by atoms with E-state index in [0.717, 1.165) is 50.0 Å². The minimum absolute atomic E-state index is 0.122. The van der Waals surface area contributed by atoms with Crippen LogP contribution in [0.4, 0.5) is 5.69 Å². The van der Waals surface area contributed by atoms with Crippen LogP contribution in [-0.2, 0) is 4.79 Å². The van der Waals surface area contributed by atoms with Crippen LogP contribution in [0.25, 0.3) is 0 Å².